The number of nitrogens with one attached hydrogen (secondary N) is 1. The van der Waals surface area contributed by atoms with Crippen LogP contribution in [-0.2, 0) is 11.3 Å². The van der Waals surface area contributed by atoms with Gasteiger partial charge in [-0.15, -0.1) is 0 Å². The van der Waals surface area contributed by atoms with Crippen LogP contribution in [0, 0.1) is 17.7 Å². The van der Waals surface area contributed by atoms with Gasteiger partial charge in [0, 0.05) is 13.1 Å². The van der Waals surface area contributed by atoms with Crippen molar-refractivity contribution < 1.29 is 9.18 Å². The molecule has 1 amide bonds. The Hall–Kier alpha value is -2.20. The van der Waals surface area contributed by atoms with Gasteiger partial charge in [-0.05, 0) is 55.0 Å². The highest BCUT2D eigenvalue weighted by Gasteiger charge is 2.27. The number of amides is 1. The third-order valence-corrected chi connectivity index (χ3v) is 5.42. The Morgan fingerprint density at radius 3 is 2.54 bits per heavy atom. The van der Waals surface area contributed by atoms with Crippen molar-refractivity contribution in [3.05, 3.63) is 71.5 Å². The second kappa shape index (κ2) is 9.83. The molecule has 1 fully saturated rings. The van der Waals surface area contributed by atoms with E-state index in [0.29, 0.717) is 5.92 Å². The summed E-state index contributed by atoms with van der Waals surface area (Å²) in [5.41, 5.74) is 2.26. The monoisotopic (exact) mass is 382 g/mol. The largest absolute Gasteiger partial charge is 0.349 e. The number of hydrogen-bond donors (Lipinski definition) is 1. The number of carbonyl (C=O) groups is 1. The molecule has 1 aliphatic rings. The molecule has 0 bridgehead atoms. The van der Waals surface area contributed by atoms with Crippen LogP contribution in [0.4, 0.5) is 4.39 Å². The van der Waals surface area contributed by atoms with Gasteiger partial charge in [-0.25, -0.2) is 4.39 Å². The van der Waals surface area contributed by atoms with E-state index in [1.165, 1.54) is 17.7 Å². The number of halogens is 1. The first kappa shape index (κ1) is 20.5. The minimum absolute atomic E-state index is 0.00701. The smallest absolute Gasteiger partial charge is 0.224 e. The Balaban J connectivity index is 1.61. The highest BCUT2D eigenvalue weighted by Crippen LogP contribution is 2.24. The third kappa shape index (κ3) is 5.90. The highest BCUT2D eigenvalue weighted by molar-refractivity contribution is 5.79. The standard InChI is InChI=1S/C24H31FN2O/c1-18(2)15-23(20-7-4-3-5-8-20)26-24(28)21-9-6-14-27(17-21)16-19-10-12-22(25)13-11-19/h3-5,7-8,10-13,18,21,23H,6,9,14-17H2,1-2H3,(H,26,28)/t21-,23-/m0/s1. The van der Waals surface area contributed by atoms with Crippen LogP contribution in [0.25, 0.3) is 0 Å². The zero-order valence-corrected chi connectivity index (χ0v) is 16.9. The molecule has 1 heterocycles. The zero-order chi connectivity index (χ0) is 19.9. The molecule has 3 rings (SSSR count). The Labute approximate surface area is 167 Å². The van der Waals surface area contributed by atoms with Gasteiger partial charge >= 0.3 is 0 Å². The van der Waals surface area contributed by atoms with Crippen molar-refractivity contribution in [2.24, 2.45) is 11.8 Å². The van der Waals surface area contributed by atoms with E-state index in [4.69, 9.17) is 0 Å². The normalized spacial score (nSPS) is 18.8. The lowest BCUT2D eigenvalue weighted by atomic mass is 9.93. The summed E-state index contributed by atoms with van der Waals surface area (Å²) in [7, 11) is 0. The lowest BCUT2D eigenvalue weighted by Gasteiger charge is -2.33. The zero-order valence-electron chi connectivity index (χ0n) is 16.9. The van der Waals surface area contributed by atoms with Crippen molar-refractivity contribution in [2.75, 3.05) is 13.1 Å². The van der Waals surface area contributed by atoms with Gasteiger partial charge in [-0.3, -0.25) is 9.69 Å². The van der Waals surface area contributed by atoms with E-state index < -0.39 is 0 Å². The van der Waals surface area contributed by atoms with Crippen LogP contribution in [0.2, 0.25) is 0 Å². The van der Waals surface area contributed by atoms with Crippen molar-refractivity contribution in [3.8, 4) is 0 Å². The van der Waals surface area contributed by atoms with E-state index in [1.807, 2.05) is 30.3 Å². The molecule has 1 N–H and O–H groups in total. The minimum Gasteiger partial charge on any atom is -0.349 e. The van der Waals surface area contributed by atoms with Crippen molar-refractivity contribution in [1.82, 2.24) is 10.2 Å². The number of carbonyl (C=O) groups excluding carboxylic acids is 1. The molecule has 4 heteroatoms. The quantitative estimate of drug-likeness (QED) is 0.735. The molecule has 2 atom stereocenters. The number of benzene rings is 2. The number of likely N-dealkylation sites (tertiary alicyclic amines) is 1. The van der Waals surface area contributed by atoms with Crippen LogP contribution in [0.5, 0.6) is 0 Å². The van der Waals surface area contributed by atoms with Gasteiger partial charge in [0.15, 0.2) is 0 Å². The molecule has 28 heavy (non-hydrogen) atoms. The Morgan fingerprint density at radius 1 is 1.14 bits per heavy atom. The second-order valence-electron chi connectivity index (χ2n) is 8.30. The van der Waals surface area contributed by atoms with E-state index >= 15 is 0 Å². The van der Waals surface area contributed by atoms with Crippen molar-refractivity contribution in [1.29, 1.82) is 0 Å². The SMILES string of the molecule is CC(C)C[C@H](NC(=O)[C@H]1CCCN(Cc2ccc(F)cc2)C1)c1ccccc1. The topological polar surface area (TPSA) is 32.3 Å². The van der Waals surface area contributed by atoms with Gasteiger partial charge < -0.3 is 5.32 Å². The molecule has 0 aliphatic carbocycles. The molecular formula is C24H31FN2O. The summed E-state index contributed by atoms with van der Waals surface area (Å²) >= 11 is 0. The van der Waals surface area contributed by atoms with Crippen LogP contribution in [0.1, 0.15) is 50.3 Å². The molecule has 0 aromatic heterocycles. The molecule has 0 saturated carbocycles. The molecule has 0 unspecified atom stereocenters. The van der Waals surface area contributed by atoms with E-state index in [9.17, 15) is 9.18 Å². The average molecular weight is 383 g/mol. The van der Waals surface area contributed by atoms with Crippen LogP contribution in [0.3, 0.4) is 0 Å². The average Bonchev–Trinajstić information content (AvgIpc) is 2.70. The number of hydrogen-bond acceptors (Lipinski definition) is 2. The van der Waals surface area contributed by atoms with Crippen molar-refractivity contribution in [3.63, 3.8) is 0 Å². The summed E-state index contributed by atoms with van der Waals surface area (Å²) in [5, 5.41) is 3.31. The van der Waals surface area contributed by atoms with Gasteiger partial charge in [-0.2, -0.15) is 0 Å². The predicted molar refractivity (Wildman–Crippen MR) is 111 cm³/mol. The fourth-order valence-electron chi connectivity index (χ4n) is 3.99. The molecule has 2 aromatic rings. The van der Waals surface area contributed by atoms with E-state index in [-0.39, 0.29) is 23.7 Å². The van der Waals surface area contributed by atoms with Crippen LogP contribution in [-0.4, -0.2) is 23.9 Å². The second-order valence-corrected chi connectivity index (χ2v) is 8.30. The summed E-state index contributed by atoms with van der Waals surface area (Å²) in [6, 6.07) is 17.0. The summed E-state index contributed by atoms with van der Waals surface area (Å²) in [6.45, 7) is 6.88. The Bertz CT molecular complexity index is 745. The molecular weight excluding hydrogens is 351 g/mol. The lowest BCUT2D eigenvalue weighted by molar-refractivity contribution is -0.127. The van der Waals surface area contributed by atoms with Crippen molar-refractivity contribution in [2.45, 2.75) is 45.7 Å². The molecule has 0 radical (unpaired) electrons. The maximum Gasteiger partial charge on any atom is 0.224 e. The first-order valence-electron chi connectivity index (χ1n) is 10.3. The molecule has 3 nitrogen and oxygen atoms in total. The molecule has 0 spiro atoms. The first-order chi connectivity index (χ1) is 13.5. The van der Waals surface area contributed by atoms with Gasteiger partial charge in [0.1, 0.15) is 5.82 Å². The van der Waals surface area contributed by atoms with E-state index in [0.717, 1.165) is 44.5 Å². The molecule has 1 aliphatic heterocycles. The molecule has 2 aromatic carbocycles. The summed E-state index contributed by atoms with van der Waals surface area (Å²) in [6.07, 6.45) is 2.87. The summed E-state index contributed by atoms with van der Waals surface area (Å²) in [5.74, 6) is 0.453. The third-order valence-electron chi connectivity index (χ3n) is 5.42. The number of rotatable bonds is 7. The highest BCUT2D eigenvalue weighted by atomic mass is 19.1. The maximum absolute atomic E-state index is 13.1. The van der Waals surface area contributed by atoms with Gasteiger partial charge in [-0.1, -0.05) is 56.3 Å². The summed E-state index contributed by atoms with van der Waals surface area (Å²) < 4.78 is 13.1. The fourth-order valence-corrected chi connectivity index (χ4v) is 3.99. The maximum atomic E-state index is 13.1. The van der Waals surface area contributed by atoms with Crippen molar-refractivity contribution >= 4 is 5.91 Å². The van der Waals surface area contributed by atoms with Crippen LogP contribution in [0.15, 0.2) is 54.6 Å². The van der Waals surface area contributed by atoms with E-state index in [2.05, 4.69) is 36.2 Å². The van der Waals surface area contributed by atoms with Crippen LogP contribution < -0.4 is 5.32 Å². The lowest BCUT2D eigenvalue weighted by Crippen LogP contribution is -2.43. The van der Waals surface area contributed by atoms with E-state index in [1.54, 1.807) is 0 Å². The minimum atomic E-state index is -0.211. The summed E-state index contributed by atoms with van der Waals surface area (Å²) in [4.78, 5) is 15.3. The Morgan fingerprint density at radius 2 is 1.86 bits per heavy atom. The number of nitrogens with zero attached hydrogens (tertiary/aromatic N) is 1. The fraction of sp³-hybridized carbons (Fsp3) is 0.458. The number of piperidine rings is 1. The molecule has 150 valence electrons. The van der Waals surface area contributed by atoms with Gasteiger partial charge in [0.25, 0.3) is 0 Å². The molecule has 1 saturated heterocycles. The van der Waals surface area contributed by atoms with Gasteiger partial charge in [0.2, 0.25) is 5.91 Å². The first-order valence-corrected chi connectivity index (χ1v) is 10.3. The van der Waals surface area contributed by atoms with Crippen LogP contribution >= 0.6 is 0 Å². The Kier molecular flexibility index (Phi) is 7.21. The predicted octanol–water partition coefficient (Wildman–Crippen LogP) is 4.94. The van der Waals surface area contributed by atoms with Gasteiger partial charge in [0.05, 0.1) is 12.0 Å².